The molecule has 2 unspecified atom stereocenters. The highest BCUT2D eigenvalue weighted by Gasteiger charge is 2.44. The molecule has 1 heterocycles. The van der Waals surface area contributed by atoms with Crippen LogP contribution in [-0.2, 0) is 18.8 Å². The maximum atomic E-state index is 12.3. The van der Waals surface area contributed by atoms with E-state index in [2.05, 4.69) is 38.8 Å². The fourth-order valence-electron chi connectivity index (χ4n) is 3.18. The number of nitrogens with zero attached hydrogens (tertiary/aromatic N) is 1. The minimum Gasteiger partial charge on any atom is -0.481 e. The van der Waals surface area contributed by atoms with Gasteiger partial charge in [0.05, 0.1) is 17.3 Å². The quantitative estimate of drug-likeness (QED) is 0.355. The Bertz CT molecular complexity index is 1060. The first kappa shape index (κ1) is 26.7. The van der Waals surface area contributed by atoms with Crippen molar-refractivity contribution in [2.45, 2.75) is 78.8 Å². The van der Waals surface area contributed by atoms with Crippen molar-refractivity contribution >= 4 is 37.2 Å². The Hall–Kier alpha value is -2.51. The number of ether oxygens (including phenoxy) is 1. The van der Waals surface area contributed by atoms with Gasteiger partial charge >= 0.3 is 11.9 Å². The minimum atomic E-state index is -2.14. The Labute approximate surface area is 198 Å². The lowest BCUT2D eigenvalue weighted by Gasteiger charge is -2.42. The molecule has 0 radical (unpaired) electrons. The summed E-state index contributed by atoms with van der Waals surface area (Å²) >= 11 is 0. The van der Waals surface area contributed by atoms with Gasteiger partial charge in [-0.05, 0) is 56.6 Å². The molecule has 7 heteroatoms. The molecule has 0 bridgehead atoms. The van der Waals surface area contributed by atoms with Crippen molar-refractivity contribution in [3.05, 3.63) is 47.7 Å². The third-order valence-corrected chi connectivity index (χ3v) is 11.3. The highest BCUT2D eigenvalue weighted by Crippen LogP contribution is 2.40. The Morgan fingerprint density at radius 3 is 2.24 bits per heavy atom. The van der Waals surface area contributed by atoms with E-state index in [-0.39, 0.29) is 11.0 Å². The fraction of sp³-hybridized carbons (Fsp3) is 0.500. The van der Waals surface area contributed by atoms with Crippen molar-refractivity contribution in [3.8, 4) is 0 Å². The molecule has 0 saturated heterocycles. The number of hydrogen-bond donors (Lipinski definition) is 1. The van der Waals surface area contributed by atoms with Gasteiger partial charge in [-0.3, -0.25) is 9.59 Å². The Balaban J connectivity index is 2.35. The molecule has 0 amide bonds. The fourth-order valence-corrected chi connectivity index (χ4v) is 4.66. The summed E-state index contributed by atoms with van der Waals surface area (Å²) in [4.78, 5) is 28.2. The van der Waals surface area contributed by atoms with E-state index in [1.165, 1.54) is 6.92 Å². The highest BCUT2D eigenvalue weighted by atomic mass is 28.4. The van der Waals surface area contributed by atoms with Gasteiger partial charge in [0, 0.05) is 12.3 Å². The average molecular weight is 472 g/mol. The number of rotatable bonds is 8. The predicted molar refractivity (Wildman–Crippen MR) is 134 cm³/mol. The molecule has 2 rings (SSSR count). The first-order valence-corrected chi connectivity index (χ1v) is 14.2. The van der Waals surface area contributed by atoms with E-state index in [0.29, 0.717) is 5.69 Å². The van der Waals surface area contributed by atoms with Crippen LogP contribution >= 0.6 is 0 Å². The SMILES string of the molecule is CC(=O)O[C@H](C)c1ccc2ccc(/C=C/C(C)(C(=O)O)C(C)O[Si](C)(C)C(C)(C)C)cc2n1. The van der Waals surface area contributed by atoms with E-state index in [1.807, 2.05) is 43.3 Å². The number of carboxylic acid groups (broad SMARTS) is 1. The molecule has 0 aliphatic carbocycles. The molecule has 1 aromatic carbocycles. The van der Waals surface area contributed by atoms with E-state index >= 15 is 0 Å². The maximum absolute atomic E-state index is 12.3. The number of hydrogen-bond acceptors (Lipinski definition) is 5. The summed E-state index contributed by atoms with van der Waals surface area (Å²) < 4.78 is 11.6. The van der Waals surface area contributed by atoms with Crippen molar-refractivity contribution in [1.82, 2.24) is 4.98 Å². The zero-order valence-corrected chi connectivity index (χ0v) is 22.2. The molecule has 1 N–H and O–H groups in total. The number of aliphatic carboxylic acids is 1. The number of esters is 1. The van der Waals surface area contributed by atoms with E-state index < -0.39 is 31.9 Å². The number of carbonyl (C=O) groups excluding carboxylic acids is 1. The van der Waals surface area contributed by atoms with E-state index in [4.69, 9.17) is 9.16 Å². The third-order valence-electron chi connectivity index (χ3n) is 6.70. The standard InChI is InChI=1S/C26H37NO5Si/c1-17(31-19(3)28)22-13-12-21-11-10-20(16-23(21)27-22)14-15-26(7,24(29)30)18(2)32-33(8,9)25(4,5)6/h10-18H,1-9H3,(H,29,30)/b15-14+/t17-,18?,26?/m1/s1. The van der Waals surface area contributed by atoms with Crippen LogP contribution in [0.4, 0.5) is 0 Å². The molecule has 33 heavy (non-hydrogen) atoms. The molecule has 6 nitrogen and oxygen atoms in total. The van der Waals surface area contributed by atoms with Crippen LogP contribution in [-0.4, -0.2) is 36.5 Å². The lowest BCUT2D eigenvalue weighted by Crippen LogP contribution is -2.49. The van der Waals surface area contributed by atoms with Gasteiger partial charge in [0.25, 0.3) is 0 Å². The second-order valence-electron chi connectivity index (χ2n) is 10.4. The summed E-state index contributed by atoms with van der Waals surface area (Å²) in [5.41, 5.74) is 1.05. The van der Waals surface area contributed by atoms with Gasteiger partial charge in [0.15, 0.2) is 8.32 Å². The van der Waals surface area contributed by atoms with E-state index in [0.717, 1.165) is 16.5 Å². The summed E-state index contributed by atoms with van der Waals surface area (Å²) in [6, 6.07) is 9.54. The second-order valence-corrected chi connectivity index (χ2v) is 15.1. The van der Waals surface area contributed by atoms with Crippen LogP contribution in [0, 0.1) is 5.41 Å². The number of fused-ring (bicyclic) bond motifs is 1. The van der Waals surface area contributed by atoms with E-state index in [1.54, 1.807) is 19.9 Å². The molecular weight excluding hydrogens is 434 g/mol. The number of carboxylic acids is 1. The topological polar surface area (TPSA) is 85.7 Å². The Kier molecular flexibility index (Phi) is 7.92. The molecule has 0 saturated carbocycles. The van der Waals surface area contributed by atoms with Gasteiger partial charge in [-0.15, -0.1) is 0 Å². The van der Waals surface area contributed by atoms with Gasteiger partial charge in [0.2, 0.25) is 0 Å². The van der Waals surface area contributed by atoms with Crippen LogP contribution in [0.2, 0.25) is 18.1 Å². The van der Waals surface area contributed by atoms with Gasteiger partial charge in [-0.2, -0.15) is 0 Å². The minimum absolute atomic E-state index is 0.0185. The van der Waals surface area contributed by atoms with Crippen LogP contribution in [0.25, 0.3) is 17.0 Å². The summed E-state index contributed by atoms with van der Waals surface area (Å²) in [7, 11) is -2.14. The molecule has 0 aliphatic heterocycles. The normalized spacial score (nSPS) is 16.4. The number of pyridine rings is 1. The van der Waals surface area contributed by atoms with Crippen molar-refractivity contribution in [3.63, 3.8) is 0 Å². The van der Waals surface area contributed by atoms with Crippen molar-refractivity contribution in [2.24, 2.45) is 5.41 Å². The van der Waals surface area contributed by atoms with Crippen LogP contribution in [0.1, 0.15) is 65.8 Å². The third kappa shape index (κ3) is 6.30. The number of carbonyl (C=O) groups is 2. The summed E-state index contributed by atoms with van der Waals surface area (Å²) in [5.74, 6) is -1.29. The second kappa shape index (κ2) is 9.77. The largest absolute Gasteiger partial charge is 0.481 e. The molecule has 3 atom stereocenters. The van der Waals surface area contributed by atoms with Crippen LogP contribution in [0.5, 0.6) is 0 Å². The molecule has 180 valence electrons. The Morgan fingerprint density at radius 2 is 1.70 bits per heavy atom. The molecular formula is C26H37NO5Si. The lowest BCUT2D eigenvalue weighted by atomic mass is 9.84. The molecule has 1 aromatic heterocycles. The zero-order chi connectivity index (χ0) is 25.2. The van der Waals surface area contributed by atoms with Gasteiger partial charge < -0.3 is 14.3 Å². The first-order valence-electron chi connectivity index (χ1n) is 11.3. The predicted octanol–water partition coefficient (Wildman–Crippen LogP) is 6.37. The molecule has 0 aliphatic rings. The van der Waals surface area contributed by atoms with Crippen molar-refractivity contribution < 1.29 is 23.9 Å². The van der Waals surface area contributed by atoms with Gasteiger partial charge in [-0.1, -0.05) is 51.1 Å². The molecule has 0 spiro atoms. The summed E-state index contributed by atoms with van der Waals surface area (Å²) in [5, 5.41) is 11.0. The first-order chi connectivity index (χ1) is 15.1. The highest BCUT2D eigenvalue weighted by molar-refractivity contribution is 6.74. The maximum Gasteiger partial charge on any atom is 0.315 e. The van der Waals surface area contributed by atoms with Gasteiger partial charge in [0.1, 0.15) is 11.5 Å². The van der Waals surface area contributed by atoms with Crippen LogP contribution < -0.4 is 0 Å². The molecule has 2 aromatic rings. The van der Waals surface area contributed by atoms with Crippen molar-refractivity contribution in [1.29, 1.82) is 0 Å². The number of aromatic nitrogens is 1. The molecule has 0 fully saturated rings. The monoisotopic (exact) mass is 471 g/mol. The Morgan fingerprint density at radius 1 is 1.09 bits per heavy atom. The summed E-state index contributed by atoms with van der Waals surface area (Å²) in [6.07, 6.45) is 2.57. The lowest BCUT2D eigenvalue weighted by molar-refractivity contribution is -0.149. The van der Waals surface area contributed by atoms with Crippen LogP contribution in [0.3, 0.4) is 0 Å². The van der Waals surface area contributed by atoms with Crippen LogP contribution in [0.15, 0.2) is 36.4 Å². The zero-order valence-electron chi connectivity index (χ0n) is 21.2. The van der Waals surface area contributed by atoms with E-state index in [9.17, 15) is 14.7 Å². The average Bonchev–Trinajstić information content (AvgIpc) is 2.69. The number of benzene rings is 1. The smallest absolute Gasteiger partial charge is 0.315 e. The van der Waals surface area contributed by atoms with Crippen molar-refractivity contribution in [2.75, 3.05) is 0 Å². The summed E-state index contributed by atoms with van der Waals surface area (Å²) in [6.45, 7) is 17.3. The van der Waals surface area contributed by atoms with Gasteiger partial charge in [-0.25, -0.2) is 4.98 Å².